The molecule has 2 nitrogen and oxygen atoms in total. The summed E-state index contributed by atoms with van der Waals surface area (Å²) in [6.07, 6.45) is -4.51. The van der Waals surface area contributed by atoms with Crippen molar-refractivity contribution in [2.24, 2.45) is 0 Å². The van der Waals surface area contributed by atoms with Gasteiger partial charge in [0.05, 0.1) is 0 Å². The molecule has 0 aliphatic heterocycles. The van der Waals surface area contributed by atoms with Gasteiger partial charge >= 0.3 is 6.18 Å². The first-order valence-corrected chi connectivity index (χ1v) is 2.49. The standard InChI is InChI=1S/C5H7F3O2/c1-4(2,10-3-9)5(6,7)8/h3H,1-2H3. The number of carbonyl (C=O) groups excluding carboxylic acids is 1. The van der Waals surface area contributed by atoms with Crippen LogP contribution >= 0.6 is 0 Å². The van der Waals surface area contributed by atoms with Crippen molar-refractivity contribution in [1.29, 1.82) is 0 Å². The molecule has 0 fully saturated rings. The van der Waals surface area contributed by atoms with Crippen molar-refractivity contribution in [3.63, 3.8) is 0 Å². The second-order valence-electron chi connectivity index (χ2n) is 2.22. The van der Waals surface area contributed by atoms with Gasteiger partial charge in [0, 0.05) is 0 Å². The molecule has 60 valence electrons. The molecule has 0 N–H and O–H groups in total. The van der Waals surface area contributed by atoms with E-state index in [1.54, 1.807) is 0 Å². The van der Waals surface area contributed by atoms with Gasteiger partial charge in [0.2, 0.25) is 5.60 Å². The molecule has 0 aliphatic rings. The average Bonchev–Trinajstić information content (AvgIpc) is 1.61. The van der Waals surface area contributed by atoms with Crippen LogP contribution in [0.3, 0.4) is 0 Å². The largest absolute Gasteiger partial charge is 0.452 e. The van der Waals surface area contributed by atoms with Gasteiger partial charge in [-0.05, 0) is 13.8 Å². The van der Waals surface area contributed by atoms with Gasteiger partial charge in [-0.15, -0.1) is 0 Å². The first-order valence-electron chi connectivity index (χ1n) is 2.49. The first-order chi connectivity index (χ1) is 4.31. The van der Waals surface area contributed by atoms with Crippen molar-refractivity contribution in [1.82, 2.24) is 0 Å². The maximum Gasteiger partial charge on any atom is 0.427 e. The number of carbonyl (C=O) groups is 1. The highest BCUT2D eigenvalue weighted by molar-refractivity contribution is 5.38. The Morgan fingerprint density at radius 3 is 1.80 bits per heavy atom. The highest BCUT2D eigenvalue weighted by atomic mass is 19.4. The molecular formula is C5H7F3O2. The van der Waals surface area contributed by atoms with Crippen LogP contribution in [0.2, 0.25) is 0 Å². The summed E-state index contributed by atoms with van der Waals surface area (Å²) in [4.78, 5) is 9.54. The summed E-state index contributed by atoms with van der Waals surface area (Å²) in [5.74, 6) is 0. The number of hydrogen-bond acceptors (Lipinski definition) is 2. The first kappa shape index (κ1) is 9.26. The Morgan fingerprint density at radius 1 is 1.30 bits per heavy atom. The highest BCUT2D eigenvalue weighted by Gasteiger charge is 2.49. The molecule has 0 radical (unpaired) electrons. The predicted octanol–water partition coefficient (Wildman–Crippen LogP) is 1.50. The SMILES string of the molecule is CC(C)(OC=O)C(F)(F)F. The van der Waals surface area contributed by atoms with Crippen LogP contribution in [0.25, 0.3) is 0 Å². The van der Waals surface area contributed by atoms with Crippen LogP contribution < -0.4 is 0 Å². The topological polar surface area (TPSA) is 26.3 Å². The Labute approximate surface area is 56.0 Å². The van der Waals surface area contributed by atoms with Crippen LogP contribution in [0.5, 0.6) is 0 Å². The second kappa shape index (κ2) is 2.48. The lowest BCUT2D eigenvalue weighted by molar-refractivity contribution is -0.251. The van der Waals surface area contributed by atoms with Crippen molar-refractivity contribution in [2.45, 2.75) is 25.6 Å². The lowest BCUT2D eigenvalue weighted by Crippen LogP contribution is -2.41. The molecule has 0 rings (SSSR count). The fraction of sp³-hybridized carbons (Fsp3) is 0.800. The molecule has 0 saturated carbocycles. The van der Waals surface area contributed by atoms with Gasteiger partial charge in [-0.1, -0.05) is 0 Å². The van der Waals surface area contributed by atoms with E-state index in [-0.39, 0.29) is 6.47 Å². The Balaban J connectivity index is 4.23. The number of ether oxygens (including phenoxy) is 1. The second-order valence-corrected chi connectivity index (χ2v) is 2.22. The summed E-state index contributed by atoms with van der Waals surface area (Å²) in [6.45, 7) is 1.34. The minimum absolute atomic E-state index is 0.215. The van der Waals surface area contributed by atoms with E-state index in [1.165, 1.54) is 0 Å². The maximum absolute atomic E-state index is 11.7. The lowest BCUT2D eigenvalue weighted by atomic mass is 10.1. The Bertz CT molecular complexity index is 127. The molecule has 10 heavy (non-hydrogen) atoms. The molecule has 0 saturated heterocycles. The Hall–Kier alpha value is -0.740. The van der Waals surface area contributed by atoms with Crippen LogP contribution in [-0.4, -0.2) is 18.2 Å². The molecule has 0 atom stereocenters. The zero-order valence-electron chi connectivity index (χ0n) is 5.53. The van der Waals surface area contributed by atoms with Crippen LogP contribution in [0.15, 0.2) is 0 Å². The molecule has 0 amide bonds. The average molecular weight is 156 g/mol. The van der Waals surface area contributed by atoms with E-state index >= 15 is 0 Å². The molecule has 0 spiro atoms. The molecule has 0 aromatic heterocycles. The van der Waals surface area contributed by atoms with E-state index in [2.05, 4.69) is 4.74 Å². The highest BCUT2D eigenvalue weighted by Crippen LogP contribution is 2.31. The number of alkyl halides is 3. The van der Waals surface area contributed by atoms with E-state index in [9.17, 15) is 18.0 Å². The summed E-state index contributed by atoms with van der Waals surface area (Å²) in [5.41, 5.74) is -2.38. The summed E-state index contributed by atoms with van der Waals surface area (Å²) < 4.78 is 39.0. The minimum atomic E-state index is -4.51. The summed E-state index contributed by atoms with van der Waals surface area (Å²) >= 11 is 0. The van der Waals surface area contributed by atoms with Crippen LogP contribution in [0.1, 0.15) is 13.8 Å². The van der Waals surface area contributed by atoms with Crippen molar-refractivity contribution >= 4 is 6.47 Å². The van der Waals surface area contributed by atoms with Crippen molar-refractivity contribution < 1.29 is 22.7 Å². The fourth-order valence-electron chi connectivity index (χ4n) is 0.187. The molecule has 0 aromatic carbocycles. The van der Waals surface area contributed by atoms with Gasteiger partial charge in [0.25, 0.3) is 6.47 Å². The van der Waals surface area contributed by atoms with E-state index in [0.717, 1.165) is 13.8 Å². The molecular weight excluding hydrogens is 149 g/mol. The number of rotatable bonds is 2. The van der Waals surface area contributed by atoms with Gasteiger partial charge in [-0.25, -0.2) is 0 Å². The molecule has 0 aliphatic carbocycles. The lowest BCUT2D eigenvalue weighted by Gasteiger charge is -2.24. The van der Waals surface area contributed by atoms with Crippen LogP contribution in [0.4, 0.5) is 13.2 Å². The van der Waals surface area contributed by atoms with E-state index in [1.807, 2.05) is 0 Å². The molecule has 0 bridgehead atoms. The fourth-order valence-corrected chi connectivity index (χ4v) is 0.187. The third-order valence-electron chi connectivity index (χ3n) is 1.03. The van der Waals surface area contributed by atoms with E-state index in [4.69, 9.17) is 0 Å². The monoisotopic (exact) mass is 156 g/mol. The van der Waals surface area contributed by atoms with Crippen molar-refractivity contribution in [2.75, 3.05) is 0 Å². The normalized spacial score (nSPS) is 12.9. The van der Waals surface area contributed by atoms with Gasteiger partial charge < -0.3 is 4.74 Å². The molecule has 5 heteroatoms. The molecule has 0 aromatic rings. The third-order valence-corrected chi connectivity index (χ3v) is 1.03. The van der Waals surface area contributed by atoms with Crippen LogP contribution in [-0.2, 0) is 9.53 Å². The maximum atomic E-state index is 11.7. The number of hydrogen-bond donors (Lipinski definition) is 0. The zero-order chi connectivity index (χ0) is 8.41. The summed E-state index contributed by atoms with van der Waals surface area (Å²) in [5, 5.41) is 0. The minimum Gasteiger partial charge on any atom is -0.452 e. The van der Waals surface area contributed by atoms with Gasteiger partial charge in [0.15, 0.2) is 0 Å². The van der Waals surface area contributed by atoms with Gasteiger partial charge in [-0.2, -0.15) is 13.2 Å². The number of halogens is 3. The Kier molecular flexibility index (Phi) is 2.29. The summed E-state index contributed by atoms with van der Waals surface area (Å²) in [7, 11) is 0. The van der Waals surface area contributed by atoms with Crippen molar-refractivity contribution in [3.05, 3.63) is 0 Å². The summed E-state index contributed by atoms with van der Waals surface area (Å²) in [6, 6.07) is 0. The molecule has 0 heterocycles. The van der Waals surface area contributed by atoms with E-state index in [0.29, 0.717) is 0 Å². The Morgan fingerprint density at radius 2 is 1.70 bits per heavy atom. The third kappa shape index (κ3) is 1.89. The predicted molar refractivity (Wildman–Crippen MR) is 27.3 cm³/mol. The van der Waals surface area contributed by atoms with Crippen molar-refractivity contribution in [3.8, 4) is 0 Å². The van der Waals surface area contributed by atoms with Gasteiger partial charge in [-0.3, -0.25) is 4.79 Å². The van der Waals surface area contributed by atoms with E-state index < -0.39 is 11.8 Å². The zero-order valence-corrected chi connectivity index (χ0v) is 5.53. The van der Waals surface area contributed by atoms with Gasteiger partial charge in [0.1, 0.15) is 0 Å². The smallest absolute Gasteiger partial charge is 0.427 e. The molecule has 0 unspecified atom stereocenters. The quantitative estimate of drug-likeness (QED) is 0.566. The van der Waals surface area contributed by atoms with Crippen LogP contribution in [0, 0.1) is 0 Å².